The number of urea groups is 1. The van der Waals surface area contributed by atoms with Crippen molar-refractivity contribution in [3.8, 4) is 11.1 Å². The number of ether oxygens (including phenoxy) is 1. The zero-order valence-electron chi connectivity index (χ0n) is 14.5. The zero-order valence-corrected chi connectivity index (χ0v) is 16.9. The lowest BCUT2D eigenvalue weighted by atomic mass is 10.0. The molecule has 1 saturated heterocycles. The Morgan fingerprint density at radius 1 is 1.21 bits per heavy atom. The van der Waals surface area contributed by atoms with Crippen molar-refractivity contribution in [1.82, 2.24) is 10.6 Å². The van der Waals surface area contributed by atoms with Crippen LogP contribution in [0.5, 0.6) is 0 Å². The number of halogens is 1. The molecule has 144 valence electrons. The molecular weight excluding hydrogens is 450 g/mol. The van der Waals surface area contributed by atoms with Gasteiger partial charge in [0.25, 0.3) is 0 Å². The molecule has 28 heavy (non-hydrogen) atoms. The van der Waals surface area contributed by atoms with E-state index in [2.05, 4.69) is 20.9 Å². The van der Waals surface area contributed by atoms with Crippen LogP contribution in [0.1, 0.15) is 17.3 Å². The summed E-state index contributed by atoms with van der Waals surface area (Å²) in [4.78, 5) is 51.5. The lowest BCUT2D eigenvalue weighted by Gasteiger charge is -2.16. The van der Waals surface area contributed by atoms with E-state index in [1.165, 1.54) is 11.3 Å². The maximum absolute atomic E-state index is 12.5. The lowest BCUT2D eigenvalue weighted by molar-refractivity contribution is -0.132. The molecule has 1 aromatic carbocycles. The lowest BCUT2D eigenvalue weighted by Crippen LogP contribution is -2.56. The molecule has 2 aromatic rings. The van der Waals surface area contributed by atoms with Crippen LogP contribution in [0.3, 0.4) is 0 Å². The number of barbiturate groups is 1. The first-order valence-corrected chi connectivity index (χ1v) is 9.82. The van der Waals surface area contributed by atoms with Crippen molar-refractivity contribution in [2.24, 2.45) is 10.9 Å². The zero-order chi connectivity index (χ0) is 20.3. The van der Waals surface area contributed by atoms with Crippen LogP contribution in [0, 0.1) is 5.92 Å². The third-order valence-electron chi connectivity index (χ3n) is 3.79. The molecule has 0 saturated carbocycles. The molecule has 0 unspecified atom stereocenters. The van der Waals surface area contributed by atoms with Gasteiger partial charge in [-0.15, -0.1) is 11.3 Å². The Bertz CT molecular complexity index is 964. The Morgan fingerprint density at radius 3 is 2.46 bits per heavy atom. The van der Waals surface area contributed by atoms with E-state index in [1.807, 2.05) is 34.9 Å². The largest absolute Gasteiger partial charge is 0.462 e. The summed E-state index contributed by atoms with van der Waals surface area (Å²) in [6.07, 6.45) is 1.11. The SMILES string of the molecule is CCOC(=O)c1c(-c2ccc(Br)cc2)csc1N=CC1C(=O)NC(=O)NC1=O. The number of amides is 4. The molecule has 10 heteroatoms. The van der Waals surface area contributed by atoms with E-state index in [0.717, 1.165) is 16.3 Å². The summed E-state index contributed by atoms with van der Waals surface area (Å²) >= 11 is 4.55. The highest BCUT2D eigenvalue weighted by Crippen LogP contribution is 2.38. The summed E-state index contributed by atoms with van der Waals surface area (Å²) in [6.45, 7) is 1.88. The summed E-state index contributed by atoms with van der Waals surface area (Å²) in [5.74, 6) is -3.38. The van der Waals surface area contributed by atoms with Crippen LogP contribution < -0.4 is 10.6 Å². The van der Waals surface area contributed by atoms with Crippen LogP contribution in [0.4, 0.5) is 9.80 Å². The first kappa shape index (κ1) is 19.9. The van der Waals surface area contributed by atoms with Gasteiger partial charge >= 0.3 is 12.0 Å². The highest BCUT2D eigenvalue weighted by molar-refractivity contribution is 9.10. The second-order valence-corrected chi connectivity index (χ2v) is 7.39. The van der Waals surface area contributed by atoms with Crippen LogP contribution in [0.15, 0.2) is 39.1 Å². The number of hydrogen-bond acceptors (Lipinski definition) is 7. The molecule has 2 heterocycles. The Balaban J connectivity index is 1.97. The fourth-order valence-corrected chi connectivity index (χ4v) is 3.67. The van der Waals surface area contributed by atoms with Crippen molar-refractivity contribution in [3.63, 3.8) is 0 Å². The molecular formula is C18H14BrN3O5S. The summed E-state index contributed by atoms with van der Waals surface area (Å²) < 4.78 is 6.04. The smallest absolute Gasteiger partial charge is 0.341 e. The molecule has 0 atom stereocenters. The normalized spacial score (nSPS) is 14.9. The Hall–Kier alpha value is -2.85. The van der Waals surface area contributed by atoms with Gasteiger partial charge in [-0.05, 0) is 24.6 Å². The number of thiophene rings is 1. The molecule has 0 aliphatic carbocycles. The van der Waals surface area contributed by atoms with Crippen molar-refractivity contribution in [3.05, 3.63) is 39.7 Å². The van der Waals surface area contributed by atoms with Gasteiger partial charge in [-0.1, -0.05) is 28.1 Å². The number of aliphatic imine (C=N–C) groups is 1. The summed E-state index contributed by atoms with van der Waals surface area (Å²) in [7, 11) is 0. The molecule has 2 N–H and O–H groups in total. The molecule has 1 aliphatic heterocycles. The van der Waals surface area contributed by atoms with E-state index >= 15 is 0 Å². The van der Waals surface area contributed by atoms with Crippen LogP contribution in [-0.2, 0) is 14.3 Å². The Morgan fingerprint density at radius 2 is 1.86 bits per heavy atom. The fraction of sp³-hybridized carbons (Fsp3) is 0.167. The van der Waals surface area contributed by atoms with Gasteiger partial charge in [0, 0.05) is 21.6 Å². The van der Waals surface area contributed by atoms with Crippen LogP contribution in [-0.4, -0.2) is 36.6 Å². The topological polar surface area (TPSA) is 114 Å². The molecule has 4 amide bonds. The molecule has 1 aliphatic rings. The number of carbonyl (C=O) groups excluding carboxylic acids is 4. The van der Waals surface area contributed by atoms with Gasteiger partial charge < -0.3 is 4.74 Å². The highest BCUT2D eigenvalue weighted by Gasteiger charge is 2.33. The van der Waals surface area contributed by atoms with Crippen molar-refractivity contribution in [2.45, 2.75) is 6.92 Å². The number of esters is 1. The van der Waals surface area contributed by atoms with Gasteiger partial charge in [0.15, 0.2) is 5.92 Å². The van der Waals surface area contributed by atoms with Gasteiger partial charge in [0.05, 0.1) is 6.61 Å². The maximum atomic E-state index is 12.5. The second-order valence-electron chi connectivity index (χ2n) is 5.62. The first-order valence-electron chi connectivity index (χ1n) is 8.15. The predicted molar refractivity (Wildman–Crippen MR) is 107 cm³/mol. The molecule has 0 bridgehead atoms. The summed E-state index contributed by atoms with van der Waals surface area (Å²) in [5.41, 5.74) is 1.68. The fourth-order valence-electron chi connectivity index (χ4n) is 2.49. The van der Waals surface area contributed by atoms with Crippen molar-refractivity contribution >= 4 is 62.3 Å². The molecule has 8 nitrogen and oxygen atoms in total. The van der Waals surface area contributed by atoms with Crippen molar-refractivity contribution < 1.29 is 23.9 Å². The Labute approximate surface area is 172 Å². The summed E-state index contributed by atoms with van der Waals surface area (Å²) in [6, 6.07) is 6.50. The van der Waals surface area contributed by atoms with Crippen molar-refractivity contribution in [1.29, 1.82) is 0 Å². The second kappa shape index (κ2) is 8.44. The number of rotatable bonds is 5. The van der Waals surface area contributed by atoms with E-state index in [0.29, 0.717) is 10.6 Å². The first-order chi connectivity index (χ1) is 13.4. The van der Waals surface area contributed by atoms with E-state index in [1.54, 1.807) is 12.3 Å². The van der Waals surface area contributed by atoms with Gasteiger partial charge in [0.2, 0.25) is 11.8 Å². The predicted octanol–water partition coefficient (Wildman–Crippen LogP) is 3.04. The number of nitrogens with one attached hydrogen (secondary N) is 2. The monoisotopic (exact) mass is 463 g/mol. The van der Waals surface area contributed by atoms with Crippen LogP contribution in [0.2, 0.25) is 0 Å². The summed E-state index contributed by atoms with van der Waals surface area (Å²) in [5, 5.41) is 6.05. The van der Waals surface area contributed by atoms with Gasteiger partial charge in [-0.2, -0.15) is 0 Å². The van der Waals surface area contributed by atoms with Gasteiger partial charge in [0.1, 0.15) is 10.6 Å². The van der Waals surface area contributed by atoms with Gasteiger partial charge in [-0.3, -0.25) is 20.2 Å². The number of nitrogens with zero attached hydrogens (tertiary/aromatic N) is 1. The van der Waals surface area contributed by atoms with Crippen LogP contribution >= 0.6 is 27.3 Å². The quantitative estimate of drug-likeness (QED) is 0.401. The standard InChI is InChI=1S/C18H14BrN3O5S/c1-2-27-17(25)13-12(9-3-5-10(19)6-4-9)8-28-16(13)20-7-11-14(23)21-18(26)22-15(11)24/h3-8,11H,2H2,1H3,(H2,21,22,23,24,26). The highest BCUT2D eigenvalue weighted by atomic mass is 79.9. The number of carbonyl (C=O) groups is 4. The van der Waals surface area contributed by atoms with Gasteiger partial charge in [-0.25, -0.2) is 14.6 Å². The minimum atomic E-state index is -1.27. The van der Waals surface area contributed by atoms with Crippen LogP contribution in [0.25, 0.3) is 11.1 Å². The average molecular weight is 464 g/mol. The third-order valence-corrected chi connectivity index (χ3v) is 5.20. The third kappa shape index (κ3) is 4.18. The minimum Gasteiger partial charge on any atom is -0.462 e. The van der Waals surface area contributed by atoms with E-state index < -0.39 is 29.7 Å². The maximum Gasteiger partial charge on any atom is 0.341 e. The number of hydrogen-bond donors (Lipinski definition) is 2. The molecule has 1 aromatic heterocycles. The number of imide groups is 2. The molecule has 0 radical (unpaired) electrons. The molecule has 3 rings (SSSR count). The Kier molecular flexibility index (Phi) is 6.00. The minimum absolute atomic E-state index is 0.188. The van der Waals surface area contributed by atoms with Crippen molar-refractivity contribution in [2.75, 3.05) is 6.61 Å². The number of benzene rings is 1. The van der Waals surface area contributed by atoms with E-state index in [-0.39, 0.29) is 12.2 Å². The molecule has 0 spiro atoms. The molecule has 1 fully saturated rings. The average Bonchev–Trinajstić information content (AvgIpc) is 3.05. The van der Waals surface area contributed by atoms with E-state index in [9.17, 15) is 19.2 Å². The van der Waals surface area contributed by atoms with E-state index in [4.69, 9.17) is 4.74 Å².